The maximum Gasteiger partial charge on any atom is 0.254 e. The van der Waals surface area contributed by atoms with Gasteiger partial charge in [-0.05, 0) is 47.5 Å². The Hall–Kier alpha value is -3.71. The van der Waals surface area contributed by atoms with Crippen LogP contribution < -0.4 is 19.5 Å². The van der Waals surface area contributed by atoms with Gasteiger partial charge in [-0.15, -0.1) is 0 Å². The van der Waals surface area contributed by atoms with Gasteiger partial charge in [0.2, 0.25) is 5.91 Å². The van der Waals surface area contributed by atoms with Crippen molar-refractivity contribution in [1.29, 1.82) is 0 Å². The van der Waals surface area contributed by atoms with E-state index in [-0.39, 0.29) is 11.8 Å². The van der Waals surface area contributed by atoms with Crippen LogP contribution in [0, 0.1) is 0 Å². The molecule has 1 aliphatic rings. The summed E-state index contributed by atoms with van der Waals surface area (Å²) in [5.74, 6) is 0.472. The Labute approximate surface area is 203 Å². The number of rotatable bonds is 6. The highest BCUT2D eigenvalue weighted by atomic mass is 35.5. The highest BCUT2D eigenvalue weighted by molar-refractivity contribution is 6.32. The number of nitrogens with one attached hydrogen (secondary N) is 1. The maximum absolute atomic E-state index is 13.7. The average molecular weight is 481 g/mol. The average Bonchev–Trinajstić information content (AvgIpc) is 2.85. The monoisotopic (exact) mass is 480 g/mol. The van der Waals surface area contributed by atoms with Crippen LogP contribution in [0.5, 0.6) is 17.2 Å². The number of anilines is 1. The van der Waals surface area contributed by atoms with Gasteiger partial charge in [-0.25, -0.2) is 0 Å². The Bertz CT molecular complexity index is 1250. The van der Waals surface area contributed by atoms with Crippen LogP contribution in [0.1, 0.15) is 33.4 Å². The minimum Gasteiger partial charge on any atom is -0.495 e. The topological polar surface area (TPSA) is 77.1 Å². The molecule has 4 rings (SSSR count). The fraction of sp³-hybridized carbons (Fsp3) is 0.231. The molecule has 176 valence electrons. The number of halogens is 1. The highest BCUT2D eigenvalue weighted by Crippen LogP contribution is 2.44. The molecular formula is C26H25ClN2O5. The zero-order valence-corrected chi connectivity index (χ0v) is 20.1. The minimum absolute atomic E-state index is 0.160. The normalized spacial score (nSPS) is 17.1. The second-order valence-corrected chi connectivity index (χ2v) is 8.29. The Kier molecular flexibility index (Phi) is 6.65. The maximum atomic E-state index is 13.7. The summed E-state index contributed by atoms with van der Waals surface area (Å²) in [6.07, 6.45) is 0. The standard InChI is InChI=1S/C26H25ClN2O5/c1-29-24(15-9-11-21(33-3)22(13-15)34-4)23(17-7-5-6-8-18(17)26(29)31)25(30)28-16-10-12-20(32-2)19(27)14-16/h5-14,23-24H,1-4H3,(H,28,30)/t23-,24+/m0/s1. The summed E-state index contributed by atoms with van der Waals surface area (Å²) in [7, 11) is 6.33. The third kappa shape index (κ3) is 4.15. The molecule has 34 heavy (non-hydrogen) atoms. The van der Waals surface area contributed by atoms with Crippen LogP contribution in [0.25, 0.3) is 0 Å². The number of hydrogen-bond donors (Lipinski definition) is 1. The van der Waals surface area contributed by atoms with E-state index < -0.39 is 12.0 Å². The van der Waals surface area contributed by atoms with Crippen molar-refractivity contribution in [1.82, 2.24) is 4.90 Å². The van der Waals surface area contributed by atoms with E-state index in [0.29, 0.717) is 39.1 Å². The molecule has 0 saturated heterocycles. The Morgan fingerprint density at radius 1 is 0.912 bits per heavy atom. The van der Waals surface area contributed by atoms with Crippen molar-refractivity contribution in [3.8, 4) is 17.2 Å². The van der Waals surface area contributed by atoms with Gasteiger partial charge in [0.1, 0.15) is 5.75 Å². The largest absolute Gasteiger partial charge is 0.495 e. The van der Waals surface area contributed by atoms with Crippen molar-refractivity contribution in [2.24, 2.45) is 0 Å². The fourth-order valence-corrected chi connectivity index (χ4v) is 4.63. The van der Waals surface area contributed by atoms with Crippen LogP contribution in [0.3, 0.4) is 0 Å². The van der Waals surface area contributed by atoms with Gasteiger partial charge < -0.3 is 24.4 Å². The number of carbonyl (C=O) groups is 2. The number of fused-ring (bicyclic) bond motifs is 1. The molecule has 8 heteroatoms. The summed E-state index contributed by atoms with van der Waals surface area (Å²) in [6.45, 7) is 0. The van der Waals surface area contributed by atoms with E-state index in [1.165, 1.54) is 7.11 Å². The first-order valence-electron chi connectivity index (χ1n) is 10.6. The van der Waals surface area contributed by atoms with Gasteiger partial charge in [0.05, 0.1) is 38.3 Å². The van der Waals surface area contributed by atoms with Crippen molar-refractivity contribution in [2.75, 3.05) is 33.7 Å². The highest BCUT2D eigenvalue weighted by Gasteiger charge is 2.42. The van der Waals surface area contributed by atoms with Gasteiger partial charge in [0, 0.05) is 18.3 Å². The summed E-state index contributed by atoms with van der Waals surface area (Å²) in [6, 6.07) is 17.1. The molecule has 0 saturated carbocycles. The SMILES string of the molecule is COc1ccc(NC(=O)[C@H]2c3ccccc3C(=O)N(C)[C@@H]2c2ccc(OC)c(OC)c2)cc1Cl. The summed E-state index contributed by atoms with van der Waals surface area (Å²) >= 11 is 6.25. The molecule has 2 atom stereocenters. The number of methoxy groups -OCH3 is 3. The molecule has 3 aromatic carbocycles. The lowest BCUT2D eigenvalue weighted by atomic mass is 9.79. The zero-order chi connectivity index (χ0) is 24.4. The van der Waals surface area contributed by atoms with Crippen LogP contribution >= 0.6 is 11.6 Å². The molecule has 0 bridgehead atoms. The molecule has 1 N–H and O–H groups in total. The lowest BCUT2D eigenvalue weighted by molar-refractivity contribution is -0.119. The summed E-state index contributed by atoms with van der Waals surface area (Å²) in [4.78, 5) is 28.5. The van der Waals surface area contributed by atoms with Gasteiger partial charge in [0.25, 0.3) is 5.91 Å². The van der Waals surface area contributed by atoms with E-state index in [9.17, 15) is 9.59 Å². The zero-order valence-electron chi connectivity index (χ0n) is 19.3. The van der Waals surface area contributed by atoms with Crippen LogP contribution in [0.2, 0.25) is 5.02 Å². The van der Waals surface area contributed by atoms with Crippen molar-refractivity contribution < 1.29 is 23.8 Å². The van der Waals surface area contributed by atoms with E-state index in [4.69, 9.17) is 25.8 Å². The van der Waals surface area contributed by atoms with Crippen molar-refractivity contribution >= 4 is 29.1 Å². The number of amides is 2. The lowest BCUT2D eigenvalue weighted by Crippen LogP contribution is -2.44. The van der Waals surface area contributed by atoms with Crippen LogP contribution in [-0.2, 0) is 4.79 Å². The molecule has 0 spiro atoms. The first-order chi connectivity index (χ1) is 16.4. The third-order valence-electron chi connectivity index (χ3n) is 6.03. The van der Waals surface area contributed by atoms with Gasteiger partial charge in [0.15, 0.2) is 11.5 Å². The predicted octanol–water partition coefficient (Wildman–Crippen LogP) is 4.92. The number of likely N-dealkylation sites (N-methyl/N-ethyl adjacent to an activating group) is 1. The quantitative estimate of drug-likeness (QED) is 0.542. The predicted molar refractivity (Wildman–Crippen MR) is 130 cm³/mol. The Morgan fingerprint density at radius 2 is 1.59 bits per heavy atom. The van der Waals surface area contributed by atoms with Gasteiger partial charge in [-0.3, -0.25) is 9.59 Å². The van der Waals surface area contributed by atoms with E-state index in [2.05, 4.69) is 5.32 Å². The molecule has 2 amide bonds. The van der Waals surface area contributed by atoms with Crippen LogP contribution in [0.4, 0.5) is 5.69 Å². The van der Waals surface area contributed by atoms with Gasteiger partial charge in [-0.1, -0.05) is 35.9 Å². The molecule has 3 aromatic rings. The smallest absolute Gasteiger partial charge is 0.254 e. The molecule has 7 nitrogen and oxygen atoms in total. The minimum atomic E-state index is -0.683. The first-order valence-corrected chi connectivity index (χ1v) is 11.0. The van der Waals surface area contributed by atoms with Crippen molar-refractivity contribution in [2.45, 2.75) is 12.0 Å². The Morgan fingerprint density at radius 3 is 2.26 bits per heavy atom. The Balaban J connectivity index is 1.80. The molecule has 1 aliphatic heterocycles. The molecule has 0 radical (unpaired) electrons. The van der Waals surface area contributed by atoms with Crippen molar-refractivity contribution in [3.63, 3.8) is 0 Å². The molecular weight excluding hydrogens is 456 g/mol. The van der Waals surface area contributed by atoms with E-state index in [1.807, 2.05) is 18.2 Å². The third-order valence-corrected chi connectivity index (χ3v) is 6.33. The number of benzene rings is 3. The molecule has 1 heterocycles. The van der Waals surface area contributed by atoms with Gasteiger partial charge in [-0.2, -0.15) is 0 Å². The van der Waals surface area contributed by atoms with Crippen molar-refractivity contribution in [3.05, 3.63) is 82.4 Å². The van der Waals surface area contributed by atoms with E-state index in [0.717, 1.165) is 5.56 Å². The molecule has 0 fully saturated rings. The number of hydrogen-bond acceptors (Lipinski definition) is 5. The second kappa shape index (κ2) is 9.65. The van der Waals surface area contributed by atoms with E-state index >= 15 is 0 Å². The lowest BCUT2D eigenvalue weighted by Gasteiger charge is -2.40. The summed E-state index contributed by atoms with van der Waals surface area (Å²) in [5.41, 5.74) is 2.42. The molecule has 0 unspecified atom stereocenters. The first kappa shape index (κ1) is 23.4. The molecule has 0 aromatic heterocycles. The fourth-order valence-electron chi connectivity index (χ4n) is 4.37. The number of nitrogens with zero attached hydrogens (tertiary/aromatic N) is 1. The molecule has 0 aliphatic carbocycles. The summed E-state index contributed by atoms with van der Waals surface area (Å²) < 4.78 is 16.0. The van der Waals surface area contributed by atoms with Gasteiger partial charge >= 0.3 is 0 Å². The summed E-state index contributed by atoms with van der Waals surface area (Å²) in [5, 5.41) is 3.34. The van der Waals surface area contributed by atoms with Crippen LogP contribution in [-0.4, -0.2) is 45.1 Å². The van der Waals surface area contributed by atoms with E-state index in [1.54, 1.807) is 68.6 Å². The van der Waals surface area contributed by atoms with Crippen LogP contribution in [0.15, 0.2) is 60.7 Å². The second-order valence-electron chi connectivity index (χ2n) is 7.88. The number of carbonyl (C=O) groups excluding carboxylic acids is 2. The number of ether oxygens (including phenoxy) is 3.